The van der Waals surface area contributed by atoms with Gasteiger partial charge in [-0.3, -0.25) is 0 Å². The zero-order chi connectivity index (χ0) is 26.2. The highest BCUT2D eigenvalue weighted by molar-refractivity contribution is 9.15. The number of rotatable bonds is 19. The highest BCUT2D eigenvalue weighted by Gasteiger charge is 2.43. The van der Waals surface area contributed by atoms with Crippen LogP contribution in [0, 0.1) is 17.3 Å². The third-order valence-electron chi connectivity index (χ3n) is 7.38. The Bertz CT molecular complexity index is 600. The van der Waals surface area contributed by atoms with E-state index in [1.165, 1.54) is 70.6 Å². The summed E-state index contributed by atoms with van der Waals surface area (Å²) in [5, 5.41) is 0. The average molecular weight is 657 g/mol. The van der Waals surface area contributed by atoms with Crippen molar-refractivity contribution in [2.45, 2.75) is 115 Å². The monoisotopic (exact) mass is 654 g/mol. The zero-order valence-corrected chi connectivity index (χ0v) is 27.3. The van der Waals surface area contributed by atoms with Crippen molar-refractivity contribution < 1.29 is 18.9 Å². The molecule has 7 heteroatoms. The van der Waals surface area contributed by atoms with Crippen molar-refractivity contribution in [2.24, 2.45) is 17.3 Å². The molecule has 2 aliphatic heterocycles. The Hall–Kier alpha value is 0.890. The summed E-state index contributed by atoms with van der Waals surface area (Å²) in [5.74, 6) is 1.28. The molecular weight excluding hydrogens is 604 g/mol. The Balaban J connectivity index is 2.04. The molecule has 4 nitrogen and oxygen atoms in total. The highest BCUT2D eigenvalue weighted by Crippen LogP contribution is 2.42. The number of hydrogen-bond donors (Lipinski definition) is 0. The van der Waals surface area contributed by atoms with Crippen molar-refractivity contribution in [1.82, 2.24) is 0 Å². The number of hydrogen-bond acceptors (Lipinski definition) is 5. The summed E-state index contributed by atoms with van der Waals surface area (Å²) < 4.78 is 27.2. The highest BCUT2D eigenvalue weighted by atomic mass is 79.9. The second kappa shape index (κ2) is 19.0. The van der Waals surface area contributed by atoms with Gasteiger partial charge in [0, 0.05) is 13.2 Å². The van der Waals surface area contributed by atoms with Crippen LogP contribution in [0.15, 0.2) is 9.89 Å². The van der Waals surface area contributed by atoms with Gasteiger partial charge < -0.3 is 18.9 Å². The maximum absolute atomic E-state index is 6.52. The Labute approximate surface area is 243 Å². The first-order valence-electron chi connectivity index (χ1n) is 14.5. The van der Waals surface area contributed by atoms with E-state index >= 15 is 0 Å². The molecule has 5 atom stereocenters. The van der Waals surface area contributed by atoms with Gasteiger partial charge in [0.15, 0.2) is 0 Å². The number of fused-ring (bicyclic) bond motifs is 1. The molecule has 36 heavy (non-hydrogen) atoms. The van der Waals surface area contributed by atoms with Gasteiger partial charge in [-0.15, -0.1) is 11.8 Å². The van der Waals surface area contributed by atoms with Crippen LogP contribution in [0.5, 0.6) is 0 Å². The van der Waals surface area contributed by atoms with Crippen LogP contribution in [-0.4, -0.2) is 56.0 Å². The molecule has 1 saturated heterocycles. The fourth-order valence-corrected chi connectivity index (χ4v) is 8.56. The Morgan fingerprint density at radius 1 is 0.861 bits per heavy atom. The maximum Gasteiger partial charge on any atom is 0.109 e. The fourth-order valence-electron chi connectivity index (χ4n) is 5.09. The first-order valence-corrected chi connectivity index (χ1v) is 17.1. The molecule has 0 bridgehead atoms. The van der Waals surface area contributed by atoms with Gasteiger partial charge >= 0.3 is 0 Å². The van der Waals surface area contributed by atoms with E-state index in [9.17, 15) is 0 Å². The van der Waals surface area contributed by atoms with Gasteiger partial charge in [0.1, 0.15) is 12.2 Å². The standard InChI is InChI=1S/C29H52Br2O4S/c1-5-9-13-23(12-8-4)17-32-19-29(20-33-18-24(14-10-6-2)15-11-7-3)21-34-25-16-26(30)36-28(31)27(25)35-22-29/h16,23-25,27-28H,5-15,17-22H2,1-4H3. The minimum atomic E-state index is -0.281. The lowest BCUT2D eigenvalue weighted by Crippen LogP contribution is -2.41. The van der Waals surface area contributed by atoms with Crippen LogP contribution in [0.2, 0.25) is 0 Å². The van der Waals surface area contributed by atoms with Gasteiger partial charge in [-0.1, -0.05) is 88.6 Å². The third kappa shape index (κ3) is 12.0. The predicted molar refractivity (Wildman–Crippen MR) is 161 cm³/mol. The lowest BCUT2D eigenvalue weighted by molar-refractivity contribution is -0.0910. The quantitative estimate of drug-likeness (QED) is 0.130. The Kier molecular flexibility index (Phi) is 17.5. The minimum Gasteiger partial charge on any atom is -0.380 e. The van der Waals surface area contributed by atoms with Gasteiger partial charge in [0.25, 0.3) is 0 Å². The number of halogens is 2. The van der Waals surface area contributed by atoms with E-state index in [0.29, 0.717) is 38.3 Å². The second-order valence-electron chi connectivity index (χ2n) is 11.0. The third-order valence-corrected chi connectivity index (χ3v) is 10.1. The summed E-state index contributed by atoms with van der Waals surface area (Å²) >= 11 is 9.18. The number of unbranched alkanes of at least 4 members (excludes halogenated alkanes) is 3. The molecule has 2 rings (SSSR count). The van der Waals surface area contributed by atoms with Gasteiger partial charge in [-0.25, -0.2) is 0 Å². The van der Waals surface area contributed by atoms with Gasteiger partial charge in [0.05, 0.1) is 39.8 Å². The lowest BCUT2D eigenvalue weighted by Gasteiger charge is -2.32. The molecular formula is C29H52Br2O4S. The molecule has 0 saturated carbocycles. The molecule has 0 N–H and O–H groups in total. The summed E-state index contributed by atoms with van der Waals surface area (Å²) in [6.07, 6.45) is 15.9. The van der Waals surface area contributed by atoms with Gasteiger partial charge in [0.2, 0.25) is 0 Å². The summed E-state index contributed by atoms with van der Waals surface area (Å²) in [6.45, 7) is 13.2. The minimum absolute atomic E-state index is 0.0163. The topological polar surface area (TPSA) is 36.9 Å². The van der Waals surface area contributed by atoms with Gasteiger partial charge in [-0.05, 0) is 59.5 Å². The number of thioether (sulfide) groups is 1. The van der Waals surface area contributed by atoms with Crippen molar-refractivity contribution in [1.29, 1.82) is 0 Å². The van der Waals surface area contributed by atoms with Crippen molar-refractivity contribution >= 4 is 43.6 Å². The van der Waals surface area contributed by atoms with Crippen LogP contribution in [0.4, 0.5) is 0 Å². The SMILES string of the molecule is CCCCC(CCC)COCC1(COCC(CCCC)CCCC)COC2C=C(Br)SC(Br)C2OC1. The second-order valence-corrected chi connectivity index (χ2v) is 15.1. The summed E-state index contributed by atoms with van der Waals surface area (Å²) in [5.41, 5.74) is -0.281. The molecule has 1 fully saturated rings. The van der Waals surface area contributed by atoms with Crippen LogP contribution >= 0.6 is 43.6 Å². The van der Waals surface area contributed by atoms with E-state index < -0.39 is 0 Å². The van der Waals surface area contributed by atoms with Crippen molar-refractivity contribution in [3.05, 3.63) is 9.89 Å². The predicted octanol–water partition coefficient (Wildman–Crippen LogP) is 9.10. The molecule has 0 aromatic heterocycles. The molecule has 212 valence electrons. The first kappa shape index (κ1) is 33.1. The maximum atomic E-state index is 6.52. The van der Waals surface area contributed by atoms with E-state index in [4.69, 9.17) is 18.9 Å². The van der Waals surface area contributed by atoms with Crippen molar-refractivity contribution in [2.75, 3.05) is 39.6 Å². The molecule has 0 aliphatic carbocycles. The molecule has 0 amide bonds. The largest absolute Gasteiger partial charge is 0.380 e. The van der Waals surface area contributed by atoms with E-state index in [1.807, 2.05) is 0 Å². The molecule has 0 aromatic carbocycles. The molecule has 2 aliphatic rings. The normalized spacial score (nSPS) is 27.5. The van der Waals surface area contributed by atoms with E-state index in [0.717, 1.165) is 17.0 Å². The van der Waals surface area contributed by atoms with Crippen LogP contribution in [-0.2, 0) is 18.9 Å². The van der Waals surface area contributed by atoms with Crippen LogP contribution in [0.1, 0.15) is 98.3 Å². The summed E-state index contributed by atoms with van der Waals surface area (Å²) in [7, 11) is 0. The Morgan fingerprint density at radius 3 is 1.92 bits per heavy atom. The van der Waals surface area contributed by atoms with Crippen LogP contribution in [0.3, 0.4) is 0 Å². The van der Waals surface area contributed by atoms with E-state index in [-0.39, 0.29) is 21.8 Å². The fraction of sp³-hybridized carbons (Fsp3) is 0.931. The number of alkyl halides is 1. The van der Waals surface area contributed by atoms with E-state index in [2.05, 4.69) is 65.6 Å². The first-order chi connectivity index (χ1) is 17.5. The average Bonchev–Trinajstić information content (AvgIpc) is 3.04. The molecule has 5 unspecified atom stereocenters. The smallest absolute Gasteiger partial charge is 0.109 e. The van der Waals surface area contributed by atoms with Crippen molar-refractivity contribution in [3.63, 3.8) is 0 Å². The molecule has 0 aromatic rings. The molecule has 0 radical (unpaired) electrons. The van der Waals surface area contributed by atoms with Crippen LogP contribution < -0.4 is 0 Å². The van der Waals surface area contributed by atoms with Crippen LogP contribution in [0.25, 0.3) is 0 Å². The lowest BCUT2D eigenvalue weighted by atomic mass is 9.91. The zero-order valence-electron chi connectivity index (χ0n) is 23.3. The van der Waals surface area contributed by atoms with Crippen molar-refractivity contribution in [3.8, 4) is 0 Å². The van der Waals surface area contributed by atoms with E-state index in [1.54, 1.807) is 11.8 Å². The Morgan fingerprint density at radius 2 is 1.39 bits per heavy atom. The summed E-state index contributed by atoms with van der Waals surface area (Å²) in [6, 6.07) is 0. The summed E-state index contributed by atoms with van der Waals surface area (Å²) in [4.78, 5) is 0. The molecule has 0 spiro atoms. The number of ether oxygens (including phenoxy) is 4. The van der Waals surface area contributed by atoms with Gasteiger partial charge in [-0.2, -0.15) is 0 Å². The molecule has 2 heterocycles.